The number of hydrogen-bond acceptors (Lipinski definition) is 9. The van der Waals surface area contributed by atoms with Gasteiger partial charge in [-0.05, 0) is 43.9 Å². The van der Waals surface area contributed by atoms with Crippen LogP contribution < -0.4 is 0 Å². The molecule has 1 fully saturated rings. The molecule has 0 amide bonds. The van der Waals surface area contributed by atoms with Crippen LogP contribution in [0.15, 0.2) is 24.3 Å². The Bertz CT molecular complexity index is 979. The van der Waals surface area contributed by atoms with Crippen molar-refractivity contribution >= 4 is 19.8 Å². The summed E-state index contributed by atoms with van der Waals surface area (Å²) in [5.74, 6) is -0.745. The van der Waals surface area contributed by atoms with Crippen molar-refractivity contribution in [3.05, 3.63) is 24.3 Å². The zero-order chi connectivity index (χ0) is 36.5. The van der Waals surface area contributed by atoms with Crippen LogP contribution in [0.3, 0.4) is 0 Å². The van der Waals surface area contributed by atoms with Gasteiger partial charge in [-0.1, -0.05) is 116 Å². The molecule has 1 saturated carbocycles. The van der Waals surface area contributed by atoms with Crippen molar-refractivity contribution in [3.8, 4) is 0 Å². The Kier molecular flexibility index (Phi) is 25.1. The number of aliphatic hydroxyl groups is 3. The number of allylic oxidation sites excluding steroid dienone is 2. The fourth-order valence-corrected chi connectivity index (χ4v) is 6.44. The van der Waals surface area contributed by atoms with E-state index in [1.807, 2.05) is 18.2 Å². The monoisotopic (exact) mass is 718 g/mol. The highest BCUT2D eigenvalue weighted by Gasteiger charge is 2.39. The minimum atomic E-state index is -4.82. The normalized spacial score (nSPS) is 21.2. The van der Waals surface area contributed by atoms with Crippen LogP contribution in [0.4, 0.5) is 0 Å². The Hall–Kier alpha value is -1.59. The topological polar surface area (TPSA) is 180 Å². The van der Waals surface area contributed by atoms with Crippen LogP contribution in [0, 0.1) is 17.8 Å². The summed E-state index contributed by atoms with van der Waals surface area (Å²) in [4.78, 5) is 42.8. The maximum absolute atomic E-state index is 12.5. The smallest absolute Gasteiger partial charge is 0.462 e. The number of hydrogen-bond donors (Lipinski definition) is 5. The number of phosphoric ester groups is 1. The van der Waals surface area contributed by atoms with Gasteiger partial charge in [0.1, 0.15) is 6.61 Å². The van der Waals surface area contributed by atoms with Crippen molar-refractivity contribution in [3.63, 3.8) is 0 Å². The van der Waals surface area contributed by atoms with Gasteiger partial charge in [0.25, 0.3) is 0 Å². The predicted octanol–water partition coefficient (Wildman–Crippen LogP) is 7.08. The zero-order valence-electron chi connectivity index (χ0n) is 30.3. The number of rotatable bonds is 29. The van der Waals surface area contributed by atoms with Crippen LogP contribution in [0.25, 0.3) is 0 Å². The van der Waals surface area contributed by atoms with Crippen LogP contribution >= 0.6 is 7.82 Å². The van der Waals surface area contributed by atoms with Crippen molar-refractivity contribution in [2.24, 2.45) is 17.8 Å². The molecule has 6 atom stereocenters. The van der Waals surface area contributed by atoms with E-state index < -0.39 is 50.8 Å². The third-order valence-electron chi connectivity index (χ3n) is 8.97. The molecule has 0 bridgehead atoms. The van der Waals surface area contributed by atoms with Gasteiger partial charge in [-0.15, -0.1) is 0 Å². The molecule has 12 heteroatoms. The standard InChI is InChI=1S/C37H67O11P/c1-4-5-14-20-30(38)24-25-33-32(34(39)26-35(33)40)21-16-12-13-18-23-37(42)48-31(28-47-49(43,44)45)27-46-36(41)22-17-11-9-7-6-8-10-15-19-29(2)3/h12,16,24-25,29-35,38-40H,4-11,13-15,17-23,26-28H2,1-3H3,(H2,43,44,45)/b16-12+,25-24+/t30-,31+,32+,33+,34-,35+/m0/s1. The van der Waals surface area contributed by atoms with Gasteiger partial charge in [0, 0.05) is 25.2 Å². The Morgan fingerprint density at radius 1 is 0.816 bits per heavy atom. The molecule has 1 rings (SSSR count). The number of phosphoric acid groups is 1. The minimum absolute atomic E-state index is 0.0362. The van der Waals surface area contributed by atoms with Crippen LogP contribution in [-0.4, -0.2) is 74.7 Å². The average molecular weight is 719 g/mol. The maximum Gasteiger partial charge on any atom is 0.469 e. The van der Waals surface area contributed by atoms with Crippen LogP contribution in [-0.2, 0) is 28.2 Å². The predicted molar refractivity (Wildman–Crippen MR) is 190 cm³/mol. The van der Waals surface area contributed by atoms with E-state index in [0.29, 0.717) is 32.1 Å². The lowest BCUT2D eigenvalue weighted by Crippen LogP contribution is -2.29. The molecular formula is C37H67O11P. The summed E-state index contributed by atoms with van der Waals surface area (Å²) in [6.45, 7) is 5.63. The Morgan fingerprint density at radius 2 is 1.45 bits per heavy atom. The number of carbonyl (C=O) groups excluding carboxylic acids is 2. The molecule has 0 aliphatic heterocycles. The van der Waals surface area contributed by atoms with E-state index in [2.05, 4.69) is 25.3 Å². The van der Waals surface area contributed by atoms with Gasteiger partial charge in [0.05, 0.1) is 24.9 Å². The molecule has 0 aromatic rings. The van der Waals surface area contributed by atoms with Gasteiger partial charge >= 0.3 is 19.8 Å². The number of unbranched alkanes of at least 4 members (excludes halogenated alkanes) is 10. The largest absolute Gasteiger partial charge is 0.469 e. The van der Waals surface area contributed by atoms with Gasteiger partial charge < -0.3 is 34.6 Å². The molecule has 0 saturated heterocycles. The molecule has 49 heavy (non-hydrogen) atoms. The maximum atomic E-state index is 12.5. The summed E-state index contributed by atoms with van der Waals surface area (Å²) in [6, 6.07) is 0. The molecule has 1 aliphatic carbocycles. The number of aliphatic hydroxyl groups excluding tert-OH is 3. The number of carbonyl (C=O) groups is 2. The highest BCUT2D eigenvalue weighted by atomic mass is 31.2. The van der Waals surface area contributed by atoms with Crippen LogP contribution in [0.1, 0.15) is 143 Å². The van der Waals surface area contributed by atoms with Gasteiger partial charge in [-0.2, -0.15) is 0 Å². The summed E-state index contributed by atoms with van der Waals surface area (Å²) >= 11 is 0. The molecule has 11 nitrogen and oxygen atoms in total. The van der Waals surface area contributed by atoms with Gasteiger partial charge in [0.15, 0.2) is 6.10 Å². The third kappa shape index (κ3) is 24.3. The molecule has 1 aliphatic rings. The van der Waals surface area contributed by atoms with Crippen molar-refractivity contribution in [2.75, 3.05) is 13.2 Å². The minimum Gasteiger partial charge on any atom is -0.462 e. The third-order valence-corrected chi connectivity index (χ3v) is 9.46. The van der Waals surface area contributed by atoms with E-state index in [4.69, 9.17) is 19.3 Å². The second-order valence-corrected chi connectivity index (χ2v) is 15.2. The van der Waals surface area contributed by atoms with E-state index >= 15 is 0 Å². The molecule has 0 spiro atoms. The van der Waals surface area contributed by atoms with Crippen LogP contribution in [0.2, 0.25) is 0 Å². The van der Waals surface area contributed by atoms with E-state index in [1.54, 1.807) is 6.08 Å². The average Bonchev–Trinajstić information content (AvgIpc) is 3.30. The SMILES string of the molecule is CCCCC[C@H](O)/C=C/[C@@H]1[C@@H](C/C=C/CCCC(=O)O[C@H](COC(=O)CCCCCCCCCCC(C)C)COP(=O)(O)O)[C@@H](O)C[C@H]1O. The fourth-order valence-electron chi connectivity index (χ4n) is 6.08. The molecule has 0 heterocycles. The van der Waals surface area contributed by atoms with Crippen molar-refractivity contribution in [2.45, 2.75) is 167 Å². The van der Waals surface area contributed by atoms with Gasteiger partial charge in [-0.25, -0.2) is 4.57 Å². The van der Waals surface area contributed by atoms with Crippen molar-refractivity contribution < 1.29 is 53.3 Å². The molecule has 0 unspecified atom stereocenters. The lowest BCUT2D eigenvalue weighted by molar-refractivity contribution is -0.161. The Morgan fingerprint density at radius 3 is 2.10 bits per heavy atom. The van der Waals surface area contributed by atoms with E-state index in [1.165, 1.54) is 32.1 Å². The molecule has 0 radical (unpaired) electrons. The lowest BCUT2D eigenvalue weighted by Gasteiger charge is -2.19. The lowest BCUT2D eigenvalue weighted by atomic mass is 9.89. The summed E-state index contributed by atoms with van der Waals surface area (Å²) in [6.07, 6.45) is 20.2. The van der Waals surface area contributed by atoms with Crippen molar-refractivity contribution in [1.29, 1.82) is 0 Å². The quantitative estimate of drug-likeness (QED) is 0.0231. The molecule has 0 aromatic carbocycles. The first-order valence-corrected chi connectivity index (χ1v) is 20.3. The first-order chi connectivity index (χ1) is 23.3. The van der Waals surface area contributed by atoms with Gasteiger partial charge in [-0.3, -0.25) is 14.1 Å². The zero-order valence-corrected chi connectivity index (χ0v) is 31.2. The summed E-state index contributed by atoms with van der Waals surface area (Å²) in [7, 11) is -4.82. The van der Waals surface area contributed by atoms with Crippen LogP contribution in [0.5, 0.6) is 0 Å². The second-order valence-electron chi connectivity index (χ2n) is 14.0. The molecule has 5 N–H and O–H groups in total. The summed E-state index contributed by atoms with van der Waals surface area (Å²) < 4.78 is 26.3. The number of esters is 2. The van der Waals surface area contributed by atoms with Crippen molar-refractivity contribution in [1.82, 2.24) is 0 Å². The highest BCUT2D eigenvalue weighted by Crippen LogP contribution is 2.37. The Balaban J connectivity index is 2.38. The second kappa shape index (κ2) is 27.1. The van der Waals surface area contributed by atoms with Gasteiger partial charge in [0.2, 0.25) is 0 Å². The number of ether oxygens (including phenoxy) is 2. The molecule has 286 valence electrons. The van der Waals surface area contributed by atoms with E-state index in [-0.39, 0.29) is 37.7 Å². The molecular weight excluding hydrogens is 651 g/mol. The summed E-state index contributed by atoms with van der Waals surface area (Å²) in [5.41, 5.74) is 0. The van der Waals surface area contributed by atoms with E-state index in [0.717, 1.165) is 44.4 Å². The summed E-state index contributed by atoms with van der Waals surface area (Å²) in [5, 5.41) is 31.1. The first-order valence-electron chi connectivity index (χ1n) is 18.7. The first kappa shape index (κ1) is 45.4. The fraction of sp³-hybridized carbons (Fsp3) is 0.838. The van der Waals surface area contributed by atoms with E-state index in [9.17, 15) is 29.5 Å². The Labute approximate surface area is 295 Å². The molecule has 0 aromatic heterocycles. The highest BCUT2D eigenvalue weighted by molar-refractivity contribution is 7.46.